The number of esters is 1. The van der Waals surface area contributed by atoms with Crippen LogP contribution in [0.5, 0.6) is 0 Å². The average molecular weight is 365 g/mol. The number of ether oxygens (including phenoxy) is 1. The number of hydrogen-bond donors (Lipinski definition) is 2. The molecule has 0 aliphatic carbocycles. The van der Waals surface area contributed by atoms with E-state index in [-0.39, 0.29) is 12.5 Å². The molecule has 1 amide bonds. The smallest absolute Gasteiger partial charge is 0.338 e. The molecule has 3 N–H and O–H groups in total. The lowest BCUT2D eigenvalue weighted by molar-refractivity contribution is -0.124. The lowest BCUT2D eigenvalue weighted by atomic mass is 10.2. The fraction of sp³-hybridized carbons (Fsp3) is 0.176. The van der Waals surface area contributed by atoms with Crippen molar-refractivity contribution in [2.45, 2.75) is 4.90 Å². The zero-order chi connectivity index (χ0) is 17.4. The Kier molecular flexibility index (Phi) is 6.96. The van der Waals surface area contributed by atoms with Crippen molar-refractivity contribution >= 4 is 40.9 Å². The Morgan fingerprint density at radius 3 is 2.42 bits per heavy atom. The van der Waals surface area contributed by atoms with Crippen LogP contribution < -0.4 is 11.1 Å². The molecule has 0 unspecified atom stereocenters. The highest BCUT2D eigenvalue weighted by atomic mass is 35.5. The van der Waals surface area contributed by atoms with Gasteiger partial charge in [0.25, 0.3) is 5.91 Å². The number of rotatable bonds is 7. The molecule has 0 aromatic heterocycles. The van der Waals surface area contributed by atoms with Crippen LogP contribution in [0.25, 0.3) is 0 Å². The van der Waals surface area contributed by atoms with E-state index in [1.165, 1.54) is 0 Å². The molecule has 0 bridgehead atoms. The molecule has 0 radical (unpaired) electrons. The van der Waals surface area contributed by atoms with E-state index in [2.05, 4.69) is 5.32 Å². The molecular formula is C17H17ClN2O3S. The summed E-state index contributed by atoms with van der Waals surface area (Å²) in [5.41, 5.74) is 6.46. The summed E-state index contributed by atoms with van der Waals surface area (Å²) >= 11 is 7.41. The third-order valence-corrected chi connectivity index (χ3v) is 4.25. The Labute approximate surface area is 149 Å². The van der Waals surface area contributed by atoms with Gasteiger partial charge in [-0.15, -0.1) is 11.8 Å². The number of nitrogens with two attached hydrogens (primary N) is 1. The minimum absolute atomic E-state index is 0.311. The van der Waals surface area contributed by atoms with E-state index in [0.717, 1.165) is 4.90 Å². The number of nitrogen functional groups attached to an aromatic ring is 1. The SMILES string of the molecule is Nc1ccc(C(=O)OCC(=O)NCCSc2ccc(Cl)cc2)cc1. The molecule has 0 aliphatic rings. The van der Waals surface area contributed by atoms with Gasteiger partial charge in [0.1, 0.15) is 0 Å². The van der Waals surface area contributed by atoms with E-state index in [0.29, 0.717) is 28.6 Å². The van der Waals surface area contributed by atoms with Gasteiger partial charge >= 0.3 is 5.97 Å². The van der Waals surface area contributed by atoms with Gasteiger partial charge in [-0.05, 0) is 48.5 Å². The molecule has 0 atom stereocenters. The van der Waals surface area contributed by atoms with E-state index in [4.69, 9.17) is 22.1 Å². The van der Waals surface area contributed by atoms with Crippen molar-refractivity contribution < 1.29 is 14.3 Å². The third kappa shape index (κ3) is 6.14. The van der Waals surface area contributed by atoms with Gasteiger partial charge in [0.2, 0.25) is 0 Å². The number of carbonyl (C=O) groups excluding carboxylic acids is 2. The molecular weight excluding hydrogens is 348 g/mol. The number of benzene rings is 2. The summed E-state index contributed by atoms with van der Waals surface area (Å²) in [4.78, 5) is 24.5. The van der Waals surface area contributed by atoms with Crippen molar-refractivity contribution in [2.75, 3.05) is 24.6 Å². The fourth-order valence-electron chi connectivity index (χ4n) is 1.77. The van der Waals surface area contributed by atoms with E-state index < -0.39 is 5.97 Å². The molecule has 0 fully saturated rings. The first kappa shape index (κ1) is 18.2. The van der Waals surface area contributed by atoms with Crippen molar-refractivity contribution in [1.29, 1.82) is 0 Å². The van der Waals surface area contributed by atoms with Gasteiger partial charge in [-0.25, -0.2) is 4.79 Å². The lowest BCUT2D eigenvalue weighted by Gasteiger charge is -2.07. The van der Waals surface area contributed by atoms with Crippen LogP contribution >= 0.6 is 23.4 Å². The molecule has 0 aliphatic heterocycles. The van der Waals surface area contributed by atoms with Crippen molar-refractivity contribution in [3.05, 3.63) is 59.1 Å². The summed E-state index contributed by atoms with van der Waals surface area (Å²) in [7, 11) is 0. The largest absolute Gasteiger partial charge is 0.452 e. The molecule has 7 heteroatoms. The van der Waals surface area contributed by atoms with E-state index >= 15 is 0 Å². The lowest BCUT2D eigenvalue weighted by Crippen LogP contribution is -2.30. The van der Waals surface area contributed by atoms with Crippen molar-refractivity contribution in [3.8, 4) is 0 Å². The highest BCUT2D eigenvalue weighted by molar-refractivity contribution is 7.99. The maximum absolute atomic E-state index is 11.7. The molecule has 24 heavy (non-hydrogen) atoms. The highest BCUT2D eigenvalue weighted by Crippen LogP contribution is 2.19. The monoisotopic (exact) mass is 364 g/mol. The minimum atomic E-state index is -0.555. The Hall–Kier alpha value is -2.18. The Bertz CT molecular complexity index is 690. The second kappa shape index (κ2) is 9.20. The number of carbonyl (C=O) groups is 2. The number of amides is 1. The van der Waals surface area contributed by atoms with Crippen LogP contribution in [0.4, 0.5) is 5.69 Å². The van der Waals surface area contributed by atoms with Gasteiger partial charge in [0.15, 0.2) is 6.61 Å². The molecule has 0 spiro atoms. The van der Waals surface area contributed by atoms with Crippen LogP contribution in [0.2, 0.25) is 5.02 Å². The summed E-state index contributed by atoms with van der Waals surface area (Å²) in [6, 6.07) is 13.8. The van der Waals surface area contributed by atoms with Gasteiger partial charge in [-0.1, -0.05) is 11.6 Å². The Balaban J connectivity index is 1.63. The summed E-state index contributed by atoms with van der Waals surface area (Å²) in [6.07, 6.45) is 0. The number of nitrogens with one attached hydrogen (secondary N) is 1. The van der Waals surface area contributed by atoms with E-state index in [1.807, 2.05) is 24.3 Å². The number of halogens is 1. The number of anilines is 1. The number of hydrogen-bond acceptors (Lipinski definition) is 5. The average Bonchev–Trinajstić information content (AvgIpc) is 2.59. The van der Waals surface area contributed by atoms with Crippen molar-refractivity contribution in [2.24, 2.45) is 0 Å². The second-order valence-electron chi connectivity index (χ2n) is 4.85. The third-order valence-electron chi connectivity index (χ3n) is 2.99. The molecule has 0 heterocycles. The molecule has 2 rings (SSSR count). The standard InChI is InChI=1S/C17H17ClN2O3S/c18-13-3-7-15(8-4-13)24-10-9-20-16(21)11-23-17(22)12-1-5-14(19)6-2-12/h1-8H,9-11,19H2,(H,20,21). The first-order chi connectivity index (χ1) is 11.5. The van der Waals surface area contributed by atoms with Gasteiger partial charge in [0.05, 0.1) is 5.56 Å². The topological polar surface area (TPSA) is 81.4 Å². The molecule has 126 valence electrons. The Morgan fingerprint density at radius 2 is 1.75 bits per heavy atom. The van der Waals surface area contributed by atoms with Crippen LogP contribution in [0, 0.1) is 0 Å². The normalized spacial score (nSPS) is 10.2. The maximum Gasteiger partial charge on any atom is 0.338 e. The summed E-state index contributed by atoms with van der Waals surface area (Å²) in [5, 5.41) is 3.39. The maximum atomic E-state index is 11.7. The molecule has 2 aromatic carbocycles. The van der Waals surface area contributed by atoms with Crippen molar-refractivity contribution in [1.82, 2.24) is 5.32 Å². The van der Waals surface area contributed by atoms with Gasteiger partial charge in [-0.2, -0.15) is 0 Å². The molecule has 0 saturated heterocycles. The Morgan fingerprint density at radius 1 is 1.08 bits per heavy atom. The van der Waals surface area contributed by atoms with Crippen LogP contribution in [-0.4, -0.2) is 30.8 Å². The fourth-order valence-corrected chi connectivity index (χ4v) is 2.67. The van der Waals surface area contributed by atoms with E-state index in [9.17, 15) is 9.59 Å². The van der Waals surface area contributed by atoms with Crippen LogP contribution in [0.15, 0.2) is 53.4 Å². The quantitative estimate of drug-likeness (QED) is 0.341. The van der Waals surface area contributed by atoms with E-state index in [1.54, 1.807) is 36.0 Å². The summed E-state index contributed by atoms with van der Waals surface area (Å²) in [6.45, 7) is 0.167. The minimum Gasteiger partial charge on any atom is -0.452 e. The zero-order valence-electron chi connectivity index (χ0n) is 12.8. The van der Waals surface area contributed by atoms with Crippen molar-refractivity contribution in [3.63, 3.8) is 0 Å². The van der Waals surface area contributed by atoms with Crippen LogP contribution in [0.1, 0.15) is 10.4 Å². The zero-order valence-corrected chi connectivity index (χ0v) is 14.4. The molecule has 0 saturated carbocycles. The highest BCUT2D eigenvalue weighted by Gasteiger charge is 2.09. The predicted molar refractivity (Wildman–Crippen MR) is 96.3 cm³/mol. The van der Waals surface area contributed by atoms with Gasteiger partial charge in [-0.3, -0.25) is 4.79 Å². The molecule has 5 nitrogen and oxygen atoms in total. The number of thioether (sulfide) groups is 1. The van der Waals surface area contributed by atoms with Crippen LogP contribution in [0.3, 0.4) is 0 Å². The van der Waals surface area contributed by atoms with Crippen LogP contribution in [-0.2, 0) is 9.53 Å². The second-order valence-corrected chi connectivity index (χ2v) is 6.46. The first-order valence-corrected chi connectivity index (χ1v) is 8.58. The van der Waals surface area contributed by atoms with Gasteiger partial charge in [0, 0.05) is 27.9 Å². The van der Waals surface area contributed by atoms with Gasteiger partial charge < -0.3 is 15.8 Å². The summed E-state index contributed by atoms with van der Waals surface area (Å²) < 4.78 is 4.94. The first-order valence-electron chi connectivity index (χ1n) is 7.22. The molecule has 2 aromatic rings. The summed E-state index contributed by atoms with van der Waals surface area (Å²) in [5.74, 6) is -0.185. The predicted octanol–water partition coefficient (Wildman–Crippen LogP) is 2.99.